The third-order valence-electron chi connectivity index (χ3n) is 15.6. The van der Waals surface area contributed by atoms with Crippen LogP contribution in [-0.4, -0.2) is 0 Å². The van der Waals surface area contributed by atoms with Crippen LogP contribution in [0.25, 0.3) is 28.9 Å². The van der Waals surface area contributed by atoms with Crippen molar-refractivity contribution in [1.82, 2.24) is 0 Å². The predicted octanol–water partition coefficient (Wildman–Crippen LogP) is 20.3. The molecule has 0 nitrogen and oxygen atoms in total. The number of hydrogen-bond acceptors (Lipinski definition) is 4. The lowest BCUT2D eigenvalue weighted by atomic mass is 9.67. The van der Waals surface area contributed by atoms with Gasteiger partial charge in [0.05, 0.1) is 30.0 Å². The Morgan fingerprint density at radius 1 is 0.309 bits per heavy atom. The largest absolute Gasteiger partial charge is 0.143 e. The summed E-state index contributed by atoms with van der Waals surface area (Å²) in [5, 5.41) is 4.75. The zero-order chi connectivity index (χ0) is 46.5. The third kappa shape index (κ3) is 8.56. The van der Waals surface area contributed by atoms with Gasteiger partial charge in [0.1, 0.15) is 0 Å². The molecular formula is C64H72S4. The van der Waals surface area contributed by atoms with E-state index in [-0.39, 0.29) is 0 Å². The van der Waals surface area contributed by atoms with Crippen LogP contribution < -0.4 is 0 Å². The summed E-state index contributed by atoms with van der Waals surface area (Å²) in [6, 6.07) is 44.9. The van der Waals surface area contributed by atoms with Crippen molar-refractivity contribution in [2.75, 3.05) is 0 Å². The fourth-order valence-electron chi connectivity index (χ4n) is 12.0. The molecule has 4 aromatic heterocycles. The van der Waals surface area contributed by atoms with E-state index >= 15 is 0 Å². The first kappa shape index (κ1) is 47.6. The van der Waals surface area contributed by atoms with E-state index in [2.05, 4.69) is 170 Å². The van der Waals surface area contributed by atoms with Crippen LogP contribution in [0, 0.1) is 0 Å². The Balaban J connectivity index is 1.16. The summed E-state index contributed by atoms with van der Waals surface area (Å²) in [5.41, 5.74) is 16.7. The van der Waals surface area contributed by atoms with Crippen LogP contribution in [0.5, 0.6) is 0 Å². The molecule has 0 N–H and O–H groups in total. The third-order valence-corrected chi connectivity index (χ3v) is 20.3. The van der Waals surface area contributed by atoms with Crippen LogP contribution in [0.3, 0.4) is 0 Å². The summed E-state index contributed by atoms with van der Waals surface area (Å²) in [5.74, 6) is 0. The minimum absolute atomic E-state index is 0.400. The summed E-state index contributed by atoms with van der Waals surface area (Å²) in [6.07, 6.45) is 25.3. The van der Waals surface area contributed by atoms with E-state index in [9.17, 15) is 0 Å². The molecule has 4 heteroatoms. The molecule has 0 spiro atoms. The van der Waals surface area contributed by atoms with Gasteiger partial charge in [-0.05, 0) is 130 Å². The number of aryl methyl sites for hydroxylation is 4. The second-order valence-corrected chi connectivity index (χ2v) is 24.0. The Morgan fingerprint density at radius 2 is 0.588 bits per heavy atom. The van der Waals surface area contributed by atoms with E-state index in [1.165, 1.54) is 198 Å². The highest BCUT2D eigenvalue weighted by Crippen LogP contribution is 2.69. The maximum atomic E-state index is 2.52. The van der Waals surface area contributed by atoms with Gasteiger partial charge in [0.25, 0.3) is 0 Å². The molecule has 0 bridgehead atoms. The Morgan fingerprint density at radius 3 is 0.853 bits per heavy atom. The van der Waals surface area contributed by atoms with E-state index in [1.807, 2.05) is 22.7 Å². The number of fused-ring (bicyclic) bond motifs is 9. The Hall–Kier alpha value is -4.06. The maximum absolute atomic E-state index is 2.52. The molecule has 0 amide bonds. The van der Waals surface area contributed by atoms with E-state index < -0.39 is 10.8 Å². The first-order valence-corrected chi connectivity index (χ1v) is 30.1. The molecule has 68 heavy (non-hydrogen) atoms. The van der Waals surface area contributed by atoms with Crippen molar-refractivity contribution < 1.29 is 0 Å². The number of unbranched alkanes of at least 4 members (excludes halogenated alkanes) is 12. The Labute approximate surface area is 424 Å². The molecular weight excluding hydrogens is 897 g/mol. The van der Waals surface area contributed by atoms with E-state index in [0.717, 1.165) is 25.7 Å². The van der Waals surface area contributed by atoms with Crippen molar-refractivity contribution in [2.24, 2.45) is 0 Å². The van der Waals surface area contributed by atoms with Crippen LogP contribution in [0.15, 0.2) is 120 Å². The Kier molecular flexibility index (Phi) is 15.1. The number of benzene rings is 4. The topological polar surface area (TPSA) is 0 Å². The minimum Gasteiger partial charge on any atom is -0.143 e. The standard InChI is InChI=1S/C64H72S4/c1-5-9-13-17-21-45-25-33-49(34-26-45)63(50-35-27-46(28-36-50)22-18-14-10-6-2)53-41-43-65-57(53)59-55(63)61-62(67-59)56-60(68-61)58-54(42-44-66-58)64(56,51-37-29-47(30-38-51)23-19-15-11-7-3)52-39-31-48(32-40-52)24-20-16-12-8-4/h25-44H,5-24H2,1-4H3. The summed E-state index contributed by atoms with van der Waals surface area (Å²) < 4.78 is 2.99. The van der Waals surface area contributed by atoms with Gasteiger partial charge < -0.3 is 0 Å². The number of rotatable bonds is 24. The summed E-state index contributed by atoms with van der Waals surface area (Å²) in [7, 11) is 0. The van der Waals surface area contributed by atoms with Gasteiger partial charge in [-0.3, -0.25) is 0 Å². The average molecular weight is 970 g/mol. The molecule has 4 aromatic carbocycles. The Bertz CT molecular complexity index is 2560. The van der Waals surface area contributed by atoms with Crippen molar-refractivity contribution in [3.8, 4) is 19.5 Å². The van der Waals surface area contributed by atoms with Crippen LogP contribution in [0.2, 0.25) is 0 Å². The van der Waals surface area contributed by atoms with Crippen molar-refractivity contribution in [1.29, 1.82) is 0 Å². The molecule has 0 atom stereocenters. The van der Waals surface area contributed by atoms with Crippen molar-refractivity contribution in [3.63, 3.8) is 0 Å². The number of hydrogen-bond donors (Lipinski definition) is 0. The van der Waals surface area contributed by atoms with Gasteiger partial charge in [-0.25, -0.2) is 0 Å². The lowest BCUT2D eigenvalue weighted by molar-refractivity contribution is 0.666. The maximum Gasteiger partial charge on any atom is 0.0744 e. The fraction of sp³-hybridized carbons (Fsp3) is 0.406. The highest BCUT2D eigenvalue weighted by Gasteiger charge is 2.54. The molecule has 2 aliphatic carbocycles. The van der Waals surface area contributed by atoms with Gasteiger partial charge in [-0.15, -0.1) is 45.3 Å². The van der Waals surface area contributed by atoms with Crippen LogP contribution in [0.4, 0.5) is 0 Å². The average Bonchev–Trinajstić information content (AvgIpc) is 4.24. The van der Waals surface area contributed by atoms with Gasteiger partial charge in [-0.1, -0.05) is 202 Å². The molecule has 4 heterocycles. The molecule has 0 radical (unpaired) electrons. The highest BCUT2D eigenvalue weighted by atomic mass is 32.1. The molecule has 0 fully saturated rings. The van der Waals surface area contributed by atoms with Gasteiger partial charge in [0.2, 0.25) is 0 Å². The summed E-state index contributed by atoms with van der Waals surface area (Å²) in [4.78, 5) is 5.90. The molecule has 10 rings (SSSR count). The first-order valence-electron chi connectivity index (χ1n) is 26.7. The van der Waals surface area contributed by atoms with E-state index in [4.69, 9.17) is 0 Å². The van der Waals surface area contributed by atoms with Crippen molar-refractivity contribution >= 4 is 54.7 Å². The SMILES string of the molecule is CCCCCCc1ccc(C2(c3ccc(CCCCCC)cc3)c3ccsc3-c3sc4c5c(sc4c32)-c2sccc2C5(c2ccc(CCCCCC)cc2)c2ccc(CCCCCC)cc2)cc1. The van der Waals surface area contributed by atoms with Crippen LogP contribution in [-0.2, 0) is 36.5 Å². The lowest BCUT2D eigenvalue weighted by Crippen LogP contribution is -2.28. The van der Waals surface area contributed by atoms with Crippen molar-refractivity contribution in [2.45, 2.75) is 167 Å². The summed E-state index contributed by atoms with van der Waals surface area (Å²) in [6.45, 7) is 9.24. The van der Waals surface area contributed by atoms with E-state index in [1.54, 1.807) is 0 Å². The molecule has 0 unspecified atom stereocenters. The monoisotopic (exact) mass is 968 g/mol. The second kappa shape index (κ2) is 21.5. The van der Waals surface area contributed by atoms with Gasteiger partial charge >= 0.3 is 0 Å². The normalized spacial score (nSPS) is 14.1. The zero-order valence-electron chi connectivity index (χ0n) is 41.3. The molecule has 8 aromatic rings. The smallest absolute Gasteiger partial charge is 0.0744 e. The molecule has 0 saturated heterocycles. The lowest BCUT2D eigenvalue weighted by Gasteiger charge is -2.34. The summed E-state index contributed by atoms with van der Waals surface area (Å²) >= 11 is 8.12. The fourth-order valence-corrected chi connectivity index (χ4v) is 17.4. The van der Waals surface area contributed by atoms with Crippen LogP contribution >= 0.6 is 45.3 Å². The molecule has 352 valence electrons. The second-order valence-electron chi connectivity index (χ2n) is 20.1. The molecule has 0 saturated carbocycles. The number of thiophene rings is 4. The quantitative estimate of drug-likeness (QED) is 0.0530. The predicted molar refractivity (Wildman–Crippen MR) is 301 cm³/mol. The van der Waals surface area contributed by atoms with Gasteiger partial charge in [0.15, 0.2) is 0 Å². The van der Waals surface area contributed by atoms with Gasteiger partial charge in [0, 0.05) is 20.9 Å². The first-order chi connectivity index (χ1) is 33.6. The zero-order valence-corrected chi connectivity index (χ0v) is 44.6. The van der Waals surface area contributed by atoms with Gasteiger partial charge in [-0.2, -0.15) is 0 Å². The van der Waals surface area contributed by atoms with E-state index in [0.29, 0.717) is 0 Å². The highest BCUT2D eigenvalue weighted by molar-refractivity contribution is 7.34. The molecule has 2 aliphatic rings. The van der Waals surface area contributed by atoms with Crippen molar-refractivity contribution in [3.05, 3.63) is 187 Å². The molecule has 0 aliphatic heterocycles. The minimum atomic E-state index is -0.400. The van der Waals surface area contributed by atoms with Crippen LogP contribution in [0.1, 0.15) is 197 Å².